The number of hydrogen-bond acceptors (Lipinski definition) is 7. The minimum atomic E-state index is -0.258. The van der Waals surface area contributed by atoms with E-state index in [1.165, 1.54) is 34.8 Å². The molecule has 0 aliphatic carbocycles. The van der Waals surface area contributed by atoms with Crippen LogP contribution >= 0.6 is 22.7 Å². The number of hydrogen-bond donors (Lipinski definition) is 1. The van der Waals surface area contributed by atoms with E-state index in [-0.39, 0.29) is 17.6 Å². The molecule has 4 rings (SSSR count). The van der Waals surface area contributed by atoms with E-state index in [4.69, 9.17) is 0 Å². The molecule has 1 N–H and O–H groups in total. The molecule has 0 spiro atoms. The molecule has 1 aliphatic heterocycles. The fraction of sp³-hybridized carbons (Fsp3) is 0.375. The SMILES string of the molecule is Cc1nnc(NC(=O)C2CCCN(c3nc4ccc(F)cc4s3)C2)s1. The summed E-state index contributed by atoms with van der Waals surface area (Å²) in [4.78, 5) is 19.2. The lowest BCUT2D eigenvalue weighted by atomic mass is 9.98. The number of carbonyl (C=O) groups excluding carboxylic acids is 1. The van der Waals surface area contributed by atoms with Gasteiger partial charge in [-0.25, -0.2) is 9.37 Å². The zero-order chi connectivity index (χ0) is 17.4. The first-order valence-corrected chi connectivity index (χ1v) is 9.64. The van der Waals surface area contributed by atoms with Gasteiger partial charge in [0.15, 0.2) is 5.13 Å². The molecule has 25 heavy (non-hydrogen) atoms. The molecule has 1 atom stereocenters. The summed E-state index contributed by atoms with van der Waals surface area (Å²) < 4.78 is 14.2. The molecule has 2 aromatic heterocycles. The lowest BCUT2D eigenvalue weighted by Gasteiger charge is -2.31. The van der Waals surface area contributed by atoms with Crippen molar-refractivity contribution in [2.45, 2.75) is 19.8 Å². The van der Waals surface area contributed by atoms with Crippen LogP contribution < -0.4 is 10.2 Å². The summed E-state index contributed by atoms with van der Waals surface area (Å²) in [7, 11) is 0. The number of amides is 1. The minimum Gasteiger partial charge on any atom is -0.347 e. The molecule has 0 bridgehead atoms. The number of halogens is 1. The van der Waals surface area contributed by atoms with E-state index in [2.05, 4.69) is 25.4 Å². The number of anilines is 2. The topological polar surface area (TPSA) is 71.0 Å². The van der Waals surface area contributed by atoms with Crippen molar-refractivity contribution < 1.29 is 9.18 Å². The maximum atomic E-state index is 13.4. The average Bonchev–Trinajstić information content (AvgIpc) is 3.20. The highest BCUT2D eigenvalue weighted by Gasteiger charge is 2.28. The Bertz CT molecular complexity index is 924. The number of rotatable bonds is 3. The van der Waals surface area contributed by atoms with Crippen molar-refractivity contribution >= 4 is 49.1 Å². The molecular formula is C16H16FN5OS2. The van der Waals surface area contributed by atoms with Crippen LogP contribution in [-0.4, -0.2) is 34.2 Å². The van der Waals surface area contributed by atoms with Crippen LogP contribution in [0.5, 0.6) is 0 Å². The summed E-state index contributed by atoms with van der Waals surface area (Å²) in [6.07, 6.45) is 1.75. The van der Waals surface area contributed by atoms with Crippen LogP contribution in [-0.2, 0) is 4.79 Å². The number of thiazole rings is 1. The normalized spacial score (nSPS) is 17.8. The van der Waals surface area contributed by atoms with E-state index >= 15 is 0 Å². The Hall–Kier alpha value is -2.13. The molecule has 6 nitrogen and oxygen atoms in total. The van der Waals surface area contributed by atoms with Gasteiger partial charge in [0.25, 0.3) is 0 Å². The Morgan fingerprint density at radius 2 is 2.24 bits per heavy atom. The zero-order valence-electron chi connectivity index (χ0n) is 13.5. The van der Waals surface area contributed by atoms with Gasteiger partial charge in [-0.3, -0.25) is 4.79 Å². The van der Waals surface area contributed by atoms with Crippen LogP contribution in [0.3, 0.4) is 0 Å². The van der Waals surface area contributed by atoms with Crippen LogP contribution in [0.25, 0.3) is 10.2 Å². The van der Waals surface area contributed by atoms with E-state index in [1.54, 1.807) is 6.07 Å². The largest absolute Gasteiger partial charge is 0.347 e. The van der Waals surface area contributed by atoms with Crippen LogP contribution in [0.2, 0.25) is 0 Å². The van der Waals surface area contributed by atoms with Crippen molar-refractivity contribution in [2.75, 3.05) is 23.3 Å². The molecule has 130 valence electrons. The monoisotopic (exact) mass is 377 g/mol. The lowest BCUT2D eigenvalue weighted by Crippen LogP contribution is -2.40. The number of nitrogens with zero attached hydrogens (tertiary/aromatic N) is 4. The Morgan fingerprint density at radius 3 is 3.04 bits per heavy atom. The van der Waals surface area contributed by atoms with E-state index in [9.17, 15) is 9.18 Å². The van der Waals surface area contributed by atoms with Crippen LogP contribution in [0.4, 0.5) is 14.7 Å². The van der Waals surface area contributed by atoms with Crippen LogP contribution in [0.1, 0.15) is 17.8 Å². The van der Waals surface area contributed by atoms with Crippen LogP contribution in [0, 0.1) is 18.7 Å². The molecule has 1 amide bonds. The van der Waals surface area contributed by atoms with Crippen molar-refractivity contribution in [3.63, 3.8) is 0 Å². The van der Waals surface area contributed by atoms with Gasteiger partial charge in [0.1, 0.15) is 10.8 Å². The van der Waals surface area contributed by atoms with Gasteiger partial charge in [-0.1, -0.05) is 22.7 Å². The van der Waals surface area contributed by atoms with E-state index < -0.39 is 0 Å². The third kappa shape index (κ3) is 3.47. The van der Waals surface area contributed by atoms with Crippen molar-refractivity contribution in [1.82, 2.24) is 15.2 Å². The van der Waals surface area contributed by atoms with Crippen molar-refractivity contribution in [3.05, 3.63) is 29.0 Å². The molecule has 1 aliphatic rings. The second kappa shape index (κ2) is 6.64. The predicted octanol–water partition coefficient (Wildman–Crippen LogP) is 3.45. The first kappa shape index (κ1) is 16.3. The molecule has 9 heteroatoms. The van der Waals surface area contributed by atoms with Gasteiger partial charge in [0, 0.05) is 13.1 Å². The van der Waals surface area contributed by atoms with Gasteiger partial charge < -0.3 is 10.2 Å². The number of aryl methyl sites for hydroxylation is 1. The minimum absolute atomic E-state index is 0.0343. The van der Waals surface area contributed by atoms with Gasteiger partial charge >= 0.3 is 0 Å². The maximum absolute atomic E-state index is 13.4. The van der Waals surface area contributed by atoms with Gasteiger partial charge in [-0.2, -0.15) is 0 Å². The number of benzene rings is 1. The summed E-state index contributed by atoms with van der Waals surface area (Å²) in [5.41, 5.74) is 0.789. The highest BCUT2D eigenvalue weighted by molar-refractivity contribution is 7.22. The number of carbonyl (C=O) groups is 1. The molecule has 1 saturated heterocycles. The fourth-order valence-corrected chi connectivity index (χ4v) is 4.56. The van der Waals surface area contributed by atoms with E-state index in [1.807, 2.05) is 6.92 Å². The second-order valence-electron chi connectivity index (χ2n) is 6.01. The Balaban J connectivity index is 1.48. The summed E-state index contributed by atoms with van der Waals surface area (Å²) in [6, 6.07) is 4.61. The number of fused-ring (bicyclic) bond motifs is 1. The highest BCUT2D eigenvalue weighted by atomic mass is 32.1. The van der Waals surface area contributed by atoms with Crippen molar-refractivity contribution in [3.8, 4) is 0 Å². The lowest BCUT2D eigenvalue weighted by molar-refractivity contribution is -0.120. The van der Waals surface area contributed by atoms with E-state index in [0.29, 0.717) is 11.7 Å². The molecule has 0 radical (unpaired) electrons. The maximum Gasteiger partial charge on any atom is 0.231 e. The number of piperidine rings is 1. The molecule has 3 heterocycles. The standard InChI is InChI=1S/C16H16FN5OS2/c1-9-20-21-15(24-9)19-14(23)10-3-2-6-22(8-10)16-18-12-5-4-11(17)7-13(12)25-16/h4-5,7,10H,2-3,6,8H2,1H3,(H,19,21,23). The smallest absolute Gasteiger partial charge is 0.231 e. The zero-order valence-corrected chi connectivity index (χ0v) is 15.2. The predicted molar refractivity (Wildman–Crippen MR) is 97.8 cm³/mol. The Kier molecular flexibility index (Phi) is 4.34. The number of aromatic nitrogens is 3. The molecule has 1 unspecified atom stereocenters. The summed E-state index contributed by atoms with van der Waals surface area (Å²) >= 11 is 2.83. The van der Waals surface area contributed by atoms with Gasteiger partial charge in [-0.05, 0) is 38.0 Å². The van der Waals surface area contributed by atoms with Crippen molar-refractivity contribution in [1.29, 1.82) is 0 Å². The van der Waals surface area contributed by atoms with Crippen LogP contribution in [0.15, 0.2) is 18.2 Å². The Morgan fingerprint density at radius 1 is 1.36 bits per heavy atom. The third-order valence-corrected chi connectivity index (χ3v) is 5.99. The van der Waals surface area contributed by atoms with Crippen molar-refractivity contribution in [2.24, 2.45) is 5.92 Å². The number of nitrogens with one attached hydrogen (secondary N) is 1. The third-order valence-electron chi connectivity index (χ3n) is 4.16. The first-order valence-electron chi connectivity index (χ1n) is 8.00. The Labute approximate surface area is 151 Å². The van der Waals surface area contributed by atoms with Gasteiger partial charge in [-0.15, -0.1) is 10.2 Å². The highest BCUT2D eigenvalue weighted by Crippen LogP contribution is 2.32. The first-order chi connectivity index (χ1) is 12.1. The summed E-state index contributed by atoms with van der Waals surface area (Å²) in [5, 5.41) is 12.9. The average molecular weight is 377 g/mol. The fourth-order valence-electron chi connectivity index (χ4n) is 2.94. The summed E-state index contributed by atoms with van der Waals surface area (Å²) in [5.74, 6) is -0.416. The quantitative estimate of drug-likeness (QED) is 0.757. The molecule has 0 saturated carbocycles. The second-order valence-corrected chi connectivity index (χ2v) is 8.20. The molecule has 3 aromatic rings. The molecule has 1 aromatic carbocycles. The van der Waals surface area contributed by atoms with E-state index in [0.717, 1.165) is 39.7 Å². The van der Waals surface area contributed by atoms with Gasteiger partial charge in [0.05, 0.1) is 16.1 Å². The molecule has 1 fully saturated rings. The molecular weight excluding hydrogens is 361 g/mol. The van der Waals surface area contributed by atoms with Gasteiger partial charge in [0.2, 0.25) is 11.0 Å². The summed E-state index contributed by atoms with van der Waals surface area (Å²) in [6.45, 7) is 3.31.